The first kappa shape index (κ1) is 8.72. The summed E-state index contributed by atoms with van der Waals surface area (Å²) < 4.78 is 0. The minimum absolute atomic E-state index is 0.230. The molecule has 1 atom stereocenters. The van der Waals surface area contributed by atoms with Crippen molar-refractivity contribution in [3.8, 4) is 0 Å². The summed E-state index contributed by atoms with van der Waals surface area (Å²) in [5.74, 6) is 0.409. The zero-order chi connectivity index (χ0) is 8.27. The second-order valence-corrected chi connectivity index (χ2v) is 3.31. The molecule has 1 aliphatic rings. The Balaban J connectivity index is 2.47. The van der Waals surface area contributed by atoms with Gasteiger partial charge in [0.2, 0.25) is 0 Å². The molecule has 2 nitrogen and oxygen atoms in total. The van der Waals surface area contributed by atoms with Crippen molar-refractivity contribution in [2.75, 3.05) is 13.6 Å². The molecule has 0 amide bonds. The predicted octanol–water partition coefficient (Wildman–Crippen LogP) is 1.45. The average Bonchev–Trinajstić information content (AvgIpc) is 2.04. The minimum Gasteiger partial charge on any atom is -0.298 e. The number of nitrogens with zero attached hydrogens (tertiary/aromatic N) is 1. The van der Waals surface area contributed by atoms with E-state index >= 15 is 0 Å². The summed E-state index contributed by atoms with van der Waals surface area (Å²) in [5, 5.41) is 0. The van der Waals surface area contributed by atoms with Crippen molar-refractivity contribution in [1.29, 1.82) is 0 Å². The van der Waals surface area contributed by atoms with Crippen LogP contribution in [0, 0.1) is 0 Å². The fourth-order valence-electron chi connectivity index (χ4n) is 1.72. The van der Waals surface area contributed by atoms with E-state index in [-0.39, 0.29) is 6.04 Å². The van der Waals surface area contributed by atoms with Gasteiger partial charge in [0, 0.05) is 6.42 Å². The zero-order valence-electron chi connectivity index (χ0n) is 7.47. The monoisotopic (exact) mass is 155 g/mol. The fraction of sp³-hybridized carbons (Fsp3) is 0.889. The summed E-state index contributed by atoms with van der Waals surface area (Å²) in [6.07, 6.45) is 4.24. The van der Waals surface area contributed by atoms with E-state index in [1.807, 2.05) is 6.92 Å². The molecule has 11 heavy (non-hydrogen) atoms. The molecular formula is C9H17NO. The number of carbonyl (C=O) groups is 1. The van der Waals surface area contributed by atoms with Gasteiger partial charge in [0.05, 0.1) is 6.04 Å². The minimum atomic E-state index is 0.230. The topological polar surface area (TPSA) is 20.3 Å². The summed E-state index contributed by atoms with van der Waals surface area (Å²) in [6, 6.07) is 0.230. The molecule has 1 heterocycles. The summed E-state index contributed by atoms with van der Waals surface area (Å²) in [4.78, 5) is 13.5. The van der Waals surface area contributed by atoms with Crippen LogP contribution in [0.15, 0.2) is 0 Å². The van der Waals surface area contributed by atoms with Crippen LogP contribution in [0.4, 0.5) is 0 Å². The van der Waals surface area contributed by atoms with Gasteiger partial charge in [0.15, 0.2) is 0 Å². The van der Waals surface area contributed by atoms with Crippen LogP contribution in [0.3, 0.4) is 0 Å². The van der Waals surface area contributed by atoms with Crippen LogP contribution in [-0.4, -0.2) is 30.3 Å². The van der Waals surface area contributed by atoms with Crippen LogP contribution >= 0.6 is 0 Å². The molecule has 0 spiro atoms. The van der Waals surface area contributed by atoms with Crippen LogP contribution in [0.5, 0.6) is 0 Å². The molecule has 0 unspecified atom stereocenters. The number of ketones is 1. The highest BCUT2D eigenvalue weighted by Gasteiger charge is 2.23. The number of carbonyl (C=O) groups excluding carboxylic acids is 1. The van der Waals surface area contributed by atoms with Gasteiger partial charge in [-0.05, 0) is 26.4 Å². The Bertz CT molecular complexity index is 144. The molecule has 0 N–H and O–H groups in total. The lowest BCUT2D eigenvalue weighted by atomic mass is 9.98. The normalized spacial score (nSPS) is 26.9. The molecule has 0 aromatic heterocycles. The largest absolute Gasteiger partial charge is 0.298 e. The summed E-state index contributed by atoms with van der Waals surface area (Å²) >= 11 is 0. The van der Waals surface area contributed by atoms with Crippen LogP contribution in [0.25, 0.3) is 0 Å². The van der Waals surface area contributed by atoms with E-state index in [2.05, 4.69) is 11.9 Å². The lowest BCUT2D eigenvalue weighted by Gasteiger charge is -2.30. The fourth-order valence-corrected chi connectivity index (χ4v) is 1.72. The van der Waals surface area contributed by atoms with Gasteiger partial charge in [0.25, 0.3) is 0 Å². The van der Waals surface area contributed by atoms with Crippen molar-refractivity contribution in [2.45, 2.75) is 38.6 Å². The smallest absolute Gasteiger partial charge is 0.149 e. The molecule has 0 bridgehead atoms. The number of likely N-dealkylation sites (N-methyl/N-ethyl adjacent to an activating group) is 1. The van der Waals surface area contributed by atoms with E-state index in [1.165, 1.54) is 12.8 Å². The van der Waals surface area contributed by atoms with Gasteiger partial charge in [-0.3, -0.25) is 9.69 Å². The Hall–Kier alpha value is -0.370. The molecule has 0 aromatic rings. The maximum Gasteiger partial charge on any atom is 0.149 e. The molecule has 0 saturated carbocycles. The molecule has 0 aliphatic carbocycles. The van der Waals surface area contributed by atoms with Crippen LogP contribution in [0.2, 0.25) is 0 Å². The van der Waals surface area contributed by atoms with Crippen molar-refractivity contribution in [2.24, 2.45) is 0 Å². The predicted molar refractivity (Wildman–Crippen MR) is 45.6 cm³/mol. The first-order chi connectivity index (χ1) is 5.25. The molecule has 2 heteroatoms. The number of hydrogen-bond donors (Lipinski definition) is 0. The van der Waals surface area contributed by atoms with Gasteiger partial charge in [0.1, 0.15) is 5.78 Å². The van der Waals surface area contributed by atoms with E-state index in [0.717, 1.165) is 13.0 Å². The molecule has 1 fully saturated rings. The highest BCUT2D eigenvalue weighted by molar-refractivity contribution is 5.83. The SMILES string of the molecule is CCC(=O)[C@H]1CCCCN1C. The highest BCUT2D eigenvalue weighted by Crippen LogP contribution is 2.16. The molecule has 1 rings (SSSR count). The third-order valence-electron chi connectivity index (χ3n) is 2.49. The molecule has 1 aliphatic heterocycles. The van der Waals surface area contributed by atoms with Gasteiger partial charge >= 0.3 is 0 Å². The Kier molecular flexibility index (Phi) is 3.06. The van der Waals surface area contributed by atoms with E-state index in [9.17, 15) is 4.79 Å². The Morgan fingerprint density at radius 3 is 2.82 bits per heavy atom. The van der Waals surface area contributed by atoms with Crippen molar-refractivity contribution in [3.05, 3.63) is 0 Å². The van der Waals surface area contributed by atoms with Gasteiger partial charge in [-0.2, -0.15) is 0 Å². The Morgan fingerprint density at radius 1 is 1.55 bits per heavy atom. The molecule has 0 radical (unpaired) electrons. The van der Waals surface area contributed by atoms with Crippen molar-refractivity contribution in [3.63, 3.8) is 0 Å². The van der Waals surface area contributed by atoms with E-state index < -0.39 is 0 Å². The average molecular weight is 155 g/mol. The molecule has 0 aromatic carbocycles. The zero-order valence-corrected chi connectivity index (χ0v) is 7.47. The van der Waals surface area contributed by atoms with Crippen LogP contribution < -0.4 is 0 Å². The van der Waals surface area contributed by atoms with E-state index in [1.54, 1.807) is 0 Å². The first-order valence-corrected chi connectivity index (χ1v) is 4.48. The lowest BCUT2D eigenvalue weighted by molar-refractivity contribution is -0.124. The third kappa shape index (κ3) is 2.03. The maximum atomic E-state index is 11.3. The second kappa shape index (κ2) is 3.86. The number of Topliss-reactive ketones (excluding diaryl/α,β-unsaturated/α-hetero) is 1. The van der Waals surface area contributed by atoms with Crippen molar-refractivity contribution in [1.82, 2.24) is 4.90 Å². The Morgan fingerprint density at radius 2 is 2.27 bits per heavy atom. The standard InChI is InChI=1S/C9H17NO/c1-3-9(11)8-6-4-5-7-10(8)2/h8H,3-7H2,1-2H3/t8-/m1/s1. The molecular weight excluding hydrogens is 138 g/mol. The molecule has 1 saturated heterocycles. The van der Waals surface area contributed by atoms with Crippen molar-refractivity contribution < 1.29 is 4.79 Å². The third-order valence-corrected chi connectivity index (χ3v) is 2.49. The maximum absolute atomic E-state index is 11.3. The second-order valence-electron chi connectivity index (χ2n) is 3.31. The quantitative estimate of drug-likeness (QED) is 0.601. The number of piperidine rings is 1. The van der Waals surface area contributed by atoms with Crippen molar-refractivity contribution >= 4 is 5.78 Å². The number of hydrogen-bond acceptors (Lipinski definition) is 2. The van der Waals surface area contributed by atoms with Crippen LogP contribution in [0.1, 0.15) is 32.6 Å². The number of likely N-dealkylation sites (tertiary alicyclic amines) is 1. The van der Waals surface area contributed by atoms with E-state index in [0.29, 0.717) is 12.2 Å². The number of rotatable bonds is 2. The van der Waals surface area contributed by atoms with Gasteiger partial charge in [-0.15, -0.1) is 0 Å². The Labute approximate surface area is 68.6 Å². The molecule has 64 valence electrons. The lowest BCUT2D eigenvalue weighted by Crippen LogP contribution is -2.41. The van der Waals surface area contributed by atoms with Gasteiger partial charge in [-0.25, -0.2) is 0 Å². The summed E-state index contributed by atoms with van der Waals surface area (Å²) in [6.45, 7) is 3.04. The summed E-state index contributed by atoms with van der Waals surface area (Å²) in [5.41, 5.74) is 0. The van der Waals surface area contributed by atoms with Gasteiger partial charge < -0.3 is 0 Å². The summed E-state index contributed by atoms with van der Waals surface area (Å²) in [7, 11) is 2.05. The van der Waals surface area contributed by atoms with E-state index in [4.69, 9.17) is 0 Å². The first-order valence-electron chi connectivity index (χ1n) is 4.48. The van der Waals surface area contributed by atoms with Crippen LogP contribution in [-0.2, 0) is 4.79 Å². The highest BCUT2D eigenvalue weighted by atomic mass is 16.1. The van der Waals surface area contributed by atoms with Gasteiger partial charge in [-0.1, -0.05) is 13.3 Å².